The lowest BCUT2D eigenvalue weighted by Crippen LogP contribution is -2.54. The Kier molecular flexibility index (Phi) is 11.3. The van der Waals surface area contributed by atoms with E-state index in [2.05, 4.69) is 17.6 Å². The van der Waals surface area contributed by atoms with Gasteiger partial charge < -0.3 is 25.4 Å². The fourth-order valence-electron chi connectivity index (χ4n) is 4.06. The first-order valence-corrected chi connectivity index (χ1v) is 13.2. The van der Waals surface area contributed by atoms with Gasteiger partial charge in [-0.1, -0.05) is 56.2 Å². The van der Waals surface area contributed by atoms with Crippen molar-refractivity contribution in [2.75, 3.05) is 18.5 Å². The number of carbonyl (C=O) groups excluding carboxylic acids is 3. The molecule has 0 aliphatic carbocycles. The molecule has 2 unspecified atom stereocenters. The van der Waals surface area contributed by atoms with E-state index in [1.54, 1.807) is 20.8 Å². The molecule has 0 heterocycles. The summed E-state index contributed by atoms with van der Waals surface area (Å²) in [6.07, 6.45) is 1.62. The molecule has 0 saturated heterocycles. The largest absolute Gasteiger partial charge is 0.444 e. The Balaban J connectivity index is 2.52. The zero-order valence-corrected chi connectivity index (χ0v) is 23.8. The summed E-state index contributed by atoms with van der Waals surface area (Å²) in [5, 5.41) is 15.6. The summed E-state index contributed by atoms with van der Waals surface area (Å²) in [6.45, 7) is 12.7. The number of rotatable bonds is 11. The molecule has 3 N–H and O–H groups in total. The zero-order chi connectivity index (χ0) is 28.5. The Morgan fingerprint density at radius 1 is 0.974 bits per heavy atom. The first kappa shape index (κ1) is 30.8. The molecule has 2 rings (SSSR count). The molecular weight excluding hydrogens is 482 g/mol. The van der Waals surface area contributed by atoms with Gasteiger partial charge in [-0.3, -0.25) is 9.59 Å². The van der Waals surface area contributed by atoms with E-state index in [0.29, 0.717) is 17.7 Å². The average molecular weight is 526 g/mol. The summed E-state index contributed by atoms with van der Waals surface area (Å²) in [5.41, 5.74) is 3.47. The predicted molar refractivity (Wildman–Crippen MR) is 150 cm³/mol. The number of para-hydroxylation sites is 1. The van der Waals surface area contributed by atoms with Gasteiger partial charge in [0.15, 0.2) is 0 Å². The normalized spacial score (nSPS) is 12.8. The number of anilines is 1. The highest BCUT2D eigenvalue weighted by atomic mass is 16.6. The van der Waals surface area contributed by atoms with Crippen molar-refractivity contribution in [2.24, 2.45) is 0 Å². The Bertz CT molecular complexity index is 1110. The zero-order valence-electron chi connectivity index (χ0n) is 23.8. The molecule has 8 nitrogen and oxygen atoms in total. The van der Waals surface area contributed by atoms with E-state index in [-0.39, 0.29) is 12.5 Å². The van der Waals surface area contributed by atoms with Gasteiger partial charge in [0.25, 0.3) is 5.91 Å². The van der Waals surface area contributed by atoms with Gasteiger partial charge in [0, 0.05) is 12.2 Å². The molecule has 3 amide bonds. The highest BCUT2D eigenvalue weighted by Gasteiger charge is 2.36. The van der Waals surface area contributed by atoms with Crippen LogP contribution in [-0.2, 0) is 14.3 Å². The van der Waals surface area contributed by atoms with E-state index in [9.17, 15) is 19.5 Å². The smallest absolute Gasteiger partial charge is 0.408 e. The molecule has 2 aromatic carbocycles. The highest BCUT2D eigenvalue weighted by Crippen LogP contribution is 2.27. The molecule has 0 saturated carbocycles. The Morgan fingerprint density at radius 3 is 2.24 bits per heavy atom. The van der Waals surface area contributed by atoms with Crippen LogP contribution >= 0.6 is 0 Å². The lowest BCUT2D eigenvalue weighted by atomic mass is 9.98. The maximum absolute atomic E-state index is 13.9. The van der Waals surface area contributed by atoms with E-state index in [1.165, 1.54) is 4.90 Å². The first-order valence-electron chi connectivity index (χ1n) is 13.2. The van der Waals surface area contributed by atoms with Gasteiger partial charge in [-0.05, 0) is 76.3 Å². The molecule has 0 fully saturated rings. The van der Waals surface area contributed by atoms with Crippen LogP contribution in [0, 0.1) is 20.8 Å². The van der Waals surface area contributed by atoms with Crippen molar-refractivity contribution in [3.8, 4) is 0 Å². The highest BCUT2D eigenvalue weighted by molar-refractivity contribution is 5.99. The maximum Gasteiger partial charge on any atom is 0.408 e. The fraction of sp³-hybridized carbons (Fsp3) is 0.500. The van der Waals surface area contributed by atoms with E-state index >= 15 is 0 Å². The third-order valence-electron chi connectivity index (χ3n) is 6.27. The van der Waals surface area contributed by atoms with Crippen molar-refractivity contribution >= 4 is 23.6 Å². The number of alkyl carbamates (subject to hydrolysis) is 1. The van der Waals surface area contributed by atoms with Gasteiger partial charge in [0.2, 0.25) is 5.91 Å². The lowest BCUT2D eigenvalue weighted by molar-refractivity contribution is -0.141. The number of aryl methyl sites for hydroxylation is 3. The second-order valence-electron chi connectivity index (χ2n) is 10.7. The van der Waals surface area contributed by atoms with Crippen LogP contribution in [0.1, 0.15) is 75.3 Å². The number of benzene rings is 2. The summed E-state index contributed by atoms with van der Waals surface area (Å²) in [6, 6.07) is 10.9. The van der Waals surface area contributed by atoms with E-state index in [4.69, 9.17) is 4.74 Å². The minimum absolute atomic E-state index is 0.276. The van der Waals surface area contributed by atoms with Crippen LogP contribution in [0.15, 0.2) is 42.5 Å². The van der Waals surface area contributed by atoms with E-state index in [0.717, 1.165) is 29.5 Å². The Morgan fingerprint density at radius 2 is 1.66 bits per heavy atom. The molecule has 38 heavy (non-hydrogen) atoms. The molecule has 2 aromatic rings. The minimum atomic E-state index is -1.27. The number of unbranched alkanes of at least 4 members (excludes halogenated alkanes) is 2. The average Bonchev–Trinajstić information content (AvgIpc) is 2.84. The lowest BCUT2D eigenvalue weighted by Gasteiger charge is -2.34. The quantitative estimate of drug-likeness (QED) is 0.350. The number of aliphatic hydroxyl groups is 1. The third kappa shape index (κ3) is 8.87. The van der Waals surface area contributed by atoms with Gasteiger partial charge in [-0.15, -0.1) is 0 Å². The summed E-state index contributed by atoms with van der Waals surface area (Å²) in [5.74, 6) is -0.931. The van der Waals surface area contributed by atoms with Crippen LogP contribution in [0.5, 0.6) is 0 Å². The van der Waals surface area contributed by atoms with E-state index in [1.807, 2.05) is 63.2 Å². The molecule has 0 aromatic heterocycles. The molecule has 0 bridgehead atoms. The topological polar surface area (TPSA) is 108 Å². The van der Waals surface area contributed by atoms with Crippen LogP contribution in [0.3, 0.4) is 0 Å². The Hall–Kier alpha value is -3.39. The fourth-order valence-corrected chi connectivity index (χ4v) is 4.06. The number of aliphatic hydroxyl groups excluding tert-OH is 1. The monoisotopic (exact) mass is 525 g/mol. The van der Waals surface area contributed by atoms with Crippen LogP contribution in [0.4, 0.5) is 10.5 Å². The summed E-state index contributed by atoms with van der Waals surface area (Å²) in [4.78, 5) is 41.7. The number of amides is 3. The summed E-state index contributed by atoms with van der Waals surface area (Å²) < 4.78 is 5.30. The minimum Gasteiger partial charge on any atom is -0.444 e. The van der Waals surface area contributed by atoms with Crippen molar-refractivity contribution in [2.45, 2.75) is 85.4 Å². The number of hydrogen-bond donors (Lipinski definition) is 3. The van der Waals surface area contributed by atoms with Gasteiger partial charge in [-0.2, -0.15) is 0 Å². The molecule has 2 atom stereocenters. The van der Waals surface area contributed by atoms with Gasteiger partial charge in [0.05, 0.1) is 6.61 Å². The van der Waals surface area contributed by atoms with Crippen molar-refractivity contribution < 1.29 is 24.2 Å². The first-order chi connectivity index (χ1) is 17.9. The molecule has 0 aliphatic rings. The SMILES string of the molecule is CCCCCN(C(=O)C(CO)NC(=O)OC(C)(C)C)C(C(=O)Nc1ccccc1C)c1ccc(C)c(C)c1. The van der Waals surface area contributed by atoms with Crippen LogP contribution < -0.4 is 10.6 Å². The van der Waals surface area contributed by atoms with Crippen molar-refractivity contribution in [1.29, 1.82) is 0 Å². The molecule has 0 radical (unpaired) electrons. The number of ether oxygens (including phenoxy) is 1. The van der Waals surface area contributed by atoms with Crippen LogP contribution in [0.25, 0.3) is 0 Å². The number of nitrogens with zero attached hydrogens (tertiary/aromatic N) is 1. The van der Waals surface area contributed by atoms with Crippen molar-refractivity contribution in [3.63, 3.8) is 0 Å². The molecule has 208 valence electrons. The number of carbonyl (C=O) groups is 3. The maximum atomic E-state index is 13.9. The number of nitrogens with one attached hydrogen (secondary N) is 2. The molecular formula is C30H43N3O5. The van der Waals surface area contributed by atoms with Crippen LogP contribution in [0.2, 0.25) is 0 Å². The van der Waals surface area contributed by atoms with Gasteiger partial charge in [0.1, 0.15) is 17.7 Å². The number of hydrogen-bond acceptors (Lipinski definition) is 5. The van der Waals surface area contributed by atoms with Gasteiger partial charge >= 0.3 is 6.09 Å². The molecule has 0 aliphatic heterocycles. The van der Waals surface area contributed by atoms with Crippen molar-refractivity contribution in [1.82, 2.24) is 10.2 Å². The second-order valence-corrected chi connectivity index (χ2v) is 10.7. The Labute approximate surface area is 226 Å². The molecule has 8 heteroatoms. The summed E-state index contributed by atoms with van der Waals surface area (Å²) in [7, 11) is 0. The van der Waals surface area contributed by atoms with Crippen LogP contribution in [-0.4, -0.2) is 52.7 Å². The predicted octanol–water partition coefficient (Wildman–Crippen LogP) is 5.20. The third-order valence-corrected chi connectivity index (χ3v) is 6.27. The van der Waals surface area contributed by atoms with E-state index < -0.39 is 36.3 Å². The second kappa shape index (κ2) is 14.0. The standard InChI is InChI=1S/C30H43N3O5/c1-8-9-12-17-33(28(36)25(19-34)32-29(37)38-30(5,6)7)26(23-16-15-20(2)22(4)18-23)27(35)31-24-14-11-10-13-21(24)3/h10-11,13-16,18,25-26,34H,8-9,12,17,19H2,1-7H3,(H,31,35)(H,32,37). The molecule has 0 spiro atoms. The van der Waals surface area contributed by atoms with Crippen molar-refractivity contribution in [3.05, 3.63) is 64.7 Å². The van der Waals surface area contributed by atoms with Gasteiger partial charge in [-0.25, -0.2) is 4.79 Å². The summed E-state index contributed by atoms with van der Waals surface area (Å²) >= 11 is 0.